The van der Waals surface area contributed by atoms with E-state index in [1.54, 1.807) is 26.4 Å². The van der Waals surface area contributed by atoms with E-state index in [0.29, 0.717) is 36.6 Å². The number of methoxy groups -OCH3 is 2. The Hall–Kier alpha value is -4.44. The van der Waals surface area contributed by atoms with Gasteiger partial charge >= 0.3 is 6.03 Å². The van der Waals surface area contributed by atoms with Crippen LogP contribution in [0.15, 0.2) is 72.8 Å². The van der Waals surface area contributed by atoms with Crippen molar-refractivity contribution in [2.24, 2.45) is 0 Å². The van der Waals surface area contributed by atoms with E-state index in [1.807, 2.05) is 48.3 Å². The van der Waals surface area contributed by atoms with Gasteiger partial charge in [0.25, 0.3) is 5.91 Å². The first-order valence-electron chi connectivity index (χ1n) is 12.9. The van der Waals surface area contributed by atoms with E-state index in [4.69, 9.17) is 9.47 Å². The molecule has 0 aliphatic carbocycles. The lowest BCUT2D eigenvalue weighted by Crippen LogP contribution is -2.50. The Kier molecular flexibility index (Phi) is 9.00. The molecule has 10 heteroatoms. The van der Waals surface area contributed by atoms with Crippen LogP contribution in [-0.2, 0) is 26.3 Å². The molecule has 1 fully saturated rings. The summed E-state index contributed by atoms with van der Waals surface area (Å²) in [7, 11) is 5.16. The minimum absolute atomic E-state index is 0.150. The topological polar surface area (TPSA) is 100 Å². The maximum Gasteiger partial charge on any atom is 0.325 e. The van der Waals surface area contributed by atoms with Gasteiger partial charge in [0, 0.05) is 38.6 Å². The van der Waals surface area contributed by atoms with E-state index in [2.05, 4.69) is 10.6 Å². The number of amides is 4. The molecule has 1 heterocycles. The summed E-state index contributed by atoms with van der Waals surface area (Å²) in [5, 5.41) is 5.21. The van der Waals surface area contributed by atoms with Gasteiger partial charge in [0.2, 0.25) is 5.91 Å². The van der Waals surface area contributed by atoms with Gasteiger partial charge in [0.05, 0.1) is 20.1 Å². The average molecular weight is 549 g/mol. The van der Waals surface area contributed by atoms with Crippen molar-refractivity contribution in [3.05, 3.63) is 89.7 Å². The zero-order valence-corrected chi connectivity index (χ0v) is 22.8. The van der Waals surface area contributed by atoms with Crippen molar-refractivity contribution in [3.8, 4) is 5.75 Å². The minimum Gasteiger partial charge on any atom is -0.497 e. The highest BCUT2D eigenvalue weighted by Crippen LogP contribution is 2.37. The Morgan fingerprint density at radius 3 is 2.30 bits per heavy atom. The van der Waals surface area contributed by atoms with Gasteiger partial charge in [-0.3, -0.25) is 14.9 Å². The predicted molar refractivity (Wildman–Crippen MR) is 150 cm³/mol. The average Bonchev–Trinajstić information content (AvgIpc) is 3.19. The van der Waals surface area contributed by atoms with E-state index in [1.165, 1.54) is 29.2 Å². The Morgan fingerprint density at radius 2 is 1.68 bits per heavy atom. The zero-order valence-electron chi connectivity index (χ0n) is 22.8. The number of ether oxygens (including phenoxy) is 2. The van der Waals surface area contributed by atoms with Crippen molar-refractivity contribution >= 4 is 29.2 Å². The van der Waals surface area contributed by atoms with Crippen LogP contribution in [0.1, 0.15) is 17.5 Å². The molecule has 4 amide bonds. The molecule has 0 saturated carbocycles. The second-order valence-corrected chi connectivity index (χ2v) is 9.56. The molecule has 0 bridgehead atoms. The van der Waals surface area contributed by atoms with Gasteiger partial charge in [-0.05, 0) is 66.1 Å². The minimum atomic E-state index is -1.65. The van der Waals surface area contributed by atoms with Gasteiger partial charge in [-0.25, -0.2) is 9.18 Å². The van der Waals surface area contributed by atoms with Gasteiger partial charge < -0.3 is 24.6 Å². The fourth-order valence-electron chi connectivity index (χ4n) is 4.77. The van der Waals surface area contributed by atoms with Gasteiger partial charge in [-0.15, -0.1) is 0 Å². The molecule has 1 aliphatic heterocycles. The molecule has 1 saturated heterocycles. The number of nitrogens with one attached hydrogen (secondary N) is 2. The van der Waals surface area contributed by atoms with E-state index < -0.39 is 29.2 Å². The smallest absolute Gasteiger partial charge is 0.325 e. The van der Waals surface area contributed by atoms with Crippen LogP contribution in [0.4, 0.5) is 20.6 Å². The molecule has 9 nitrogen and oxygen atoms in total. The molecule has 3 aromatic carbocycles. The second-order valence-electron chi connectivity index (χ2n) is 9.56. The first-order valence-corrected chi connectivity index (χ1v) is 12.9. The van der Waals surface area contributed by atoms with E-state index in [0.717, 1.165) is 11.3 Å². The Morgan fingerprint density at radius 1 is 1.00 bits per heavy atom. The molecule has 1 unspecified atom stereocenters. The Labute approximate surface area is 232 Å². The highest BCUT2D eigenvalue weighted by atomic mass is 19.1. The van der Waals surface area contributed by atoms with Crippen LogP contribution in [-0.4, -0.2) is 63.7 Å². The predicted octanol–water partition coefficient (Wildman–Crippen LogP) is 3.94. The van der Waals surface area contributed by atoms with Crippen LogP contribution in [0, 0.1) is 5.82 Å². The van der Waals surface area contributed by atoms with Crippen LogP contribution in [0.2, 0.25) is 0 Å². The van der Waals surface area contributed by atoms with Crippen molar-refractivity contribution < 1.29 is 28.2 Å². The van der Waals surface area contributed by atoms with Gasteiger partial charge in [0.15, 0.2) is 5.54 Å². The summed E-state index contributed by atoms with van der Waals surface area (Å²) in [6.45, 7) is 1.44. The zero-order chi connectivity index (χ0) is 28.7. The summed E-state index contributed by atoms with van der Waals surface area (Å²) < 4.78 is 24.1. The molecule has 0 radical (unpaired) electrons. The molecule has 1 atom stereocenters. The maximum atomic E-state index is 13.8. The quantitative estimate of drug-likeness (QED) is 0.333. The molecule has 0 aromatic heterocycles. The number of carbonyl (C=O) groups is 3. The lowest BCUT2D eigenvalue weighted by Gasteiger charge is -2.35. The van der Waals surface area contributed by atoms with Crippen LogP contribution < -0.4 is 20.3 Å². The van der Waals surface area contributed by atoms with E-state index in [-0.39, 0.29) is 13.0 Å². The van der Waals surface area contributed by atoms with Crippen LogP contribution in [0.25, 0.3) is 0 Å². The Balaban J connectivity index is 1.57. The molecule has 40 heavy (non-hydrogen) atoms. The number of halogens is 1. The first kappa shape index (κ1) is 28.6. The number of rotatable bonds is 12. The lowest BCUT2D eigenvalue weighted by molar-refractivity contribution is -0.131. The fraction of sp³-hybridized carbons (Fsp3) is 0.300. The second kappa shape index (κ2) is 12.6. The van der Waals surface area contributed by atoms with Crippen LogP contribution in [0.5, 0.6) is 5.75 Å². The molecular formula is C30H33FN4O5. The summed E-state index contributed by atoms with van der Waals surface area (Å²) in [5.41, 5.74) is 1.10. The molecule has 2 N–H and O–H groups in total. The van der Waals surface area contributed by atoms with Gasteiger partial charge in [-0.2, -0.15) is 0 Å². The van der Waals surface area contributed by atoms with Gasteiger partial charge in [-0.1, -0.05) is 24.3 Å². The van der Waals surface area contributed by atoms with Crippen LogP contribution in [0.3, 0.4) is 0 Å². The third-order valence-electron chi connectivity index (χ3n) is 7.05. The summed E-state index contributed by atoms with van der Waals surface area (Å²) in [5.74, 6) is -0.897. The summed E-state index contributed by atoms with van der Waals surface area (Å²) in [6, 6.07) is 19.3. The third-order valence-corrected chi connectivity index (χ3v) is 7.05. The normalized spacial score (nSPS) is 16.6. The number of urea groups is 1. The number of benzene rings is 3. The van der Waals surface area contributed by atoms with Crippen molar-refractivity contribution in [3.63, 3.8) is 0 Å². The molecule has 3 aromatic rings. The van der Waals surface area contributed by atoms with Crippen LogP contribution >= 0.6 is 0 Å². The summed E-state index contributed by atoms with van der Waals surface area (Å²) in [4.78, 5) is 43.2. The number of hydrogen-bond acceptors (Lipinski definition) is 6. The highest BCUT2D eigenvalue weighted by Gasteiger charge is 2.55. The summed E-state index contributed by atoms with van der Waals surface area (Å²) >= 11 is 0. The molecular weight excluding hydrogens is 515 g/mol. The Bertz CT molecular complexity index is 1330. The van der Waals surface area contributed by atoms with Crippen molar-refractivity contribution in [2.45, 2.75) is 18.4 Å². The molecule has 4 rings (SSSR count). The largest absolute Gasteiger partial charge is 0.497 e. The number of nitrogens with zero attached hydrogens (tertiary/aromatic N) is 2. The maximum absolute atomic E-state index is 13.8. The number of imide groups is 1. The lowest BCUT2D eigenvalue weighted by atomic mass is 9.84. The van der Waals surface area contributed by atoms with Gasteiger partial charge in [0.1, 0.15) is 11.6 Å². The first-order chi connectivity index (χ1) is 19.3. The monoisotopic (exact) mass is 548 g/mol. The molecule has 210 valence electrons. The van der Waals surface area contributed by atoms with Crippen molar-refractivity contribution in [1.82, 2.24) is 10.2 Å². The molecule has 1 aliphatic rings. The van der Waals surface area contributed by atoms with E-state index >= 15 is 0 Å². The fourth-order valence-corrected chi connectivity index (χ4v) is 4.77. The number of hydrogen-bond donors (Lipinski definition) is 2. The summed E-state index contributed by atoms with van der Waals surface area (Å²) in [6.07, 6.45) is 0.0711. The standard InChI is InChI=1S/C30H33FN4O5/c1-34(18-19-39-2)25-12-10-24(11-13-25)32-27(36)20-30(22-6-8-23(31)9-7-22)28(37)33-29(38)35(30)17-16-21-4-14-26(40-3)15-5-21/h4-15H,16-20H2,1-3H3,(H,32,36)(H,33,37,38). The molecule has 0 spiro atoms. The third kappa shape index (κ3) is 6.23. The van der Waals surface area contributed by atoms with Crippen molar-refractivity contribution in [1.29, 1.82) is 0 Å². The number of carbonyl (C=O) groups excluding carboxylic acids is 3. The van der Waals surface area contributed by atoms with E-state index in [9.17, 15) is 18.8 Å². The van der Waals surface area contributed by atoms with Crippen molar-refractivity contribution in [2.75, 3.05) is 51.2 Å². The number of likely N-dealkylation sites (N-methyl/N-ethyl adjacent to an activating group) is 1. The SMILES string of the molecule is COCCN(C)c1ccc(NC(=O)CC2(c3ccc(F)cc3)C(=O)NC(=O)N2CCc2ccc(OC)cc2)cc1. The highest BCUT2D eigenvalue weighted by molar-refractivity contribution is 6.10. The number of anilines is 2.